The minimum absolute atomic E-state index is 0.449. The Morgan fingerprint density at radius 3 is 1.87 bits per heavy atom. The zero-order chi connectivity index (χ0) is 20.9. The maximum atomic E-state index is 9.54. The largest absolute Gasteiger partial charge is 0.336 e. The number of para-hydroxylation sites is 1. The molecular formula is C24H14N6. The van der Waals surface area contributed by atoms with Gasteiger partial charge in [0.05, 0.1) is 46.4 Å². The molecule has 1 N–H and O–H groups in total. The van der Waals surface area contributed by atoms with Crippen molar-refractivity contribution in [1.82, 2.24) is 5.32 Å². The van der Waals surface area contributed by atoms with E-state index >= 15 is 0 Å². The van der Waals surface area contributed by atoms with Crippen molar-refractivity contribution in [1.29, 1.82) is 15.8 Å². The summed E-state index contributed by atoms with van der Waals surface area (Å²) < 4.78 is 0. The van der Waals surface area contributed by atoms with Gasteiger partial charge in [0.1, 0.15) is 6.07 Å². The zero-order valence-electron chi connectivity index (χ0n) is 15.7. The van der Waals surface area contributed by atoms with Crippen LogP contribution in [0.4, 0.5) is 5.69 Å². The van der Waals surface area contributed by atoms with E-state index in [0.717, 1.165) is 0 Å². The lowest BCUT2D eigenvalue weighted by atomic mass is 10.0. The van der Waals surface area contributed by atoms with Crippen molar-refractivity contribution in [2.24, 2.45) is 5.10 Å². The lowest BCUT2D eigenvalue weighted by Gasteiger charge is -2.26. The summed E-state index contributed by atoms with van der Waals surface area (Å²) in [7, 11) is 0. The van der Waals surface area contributed by atoms with Crippen LogP contribution in [0.15, 0.2) is 84.1 Å². The molecule has 0 atom stereocenters. The molecule has 0 unspecified atom stereocenters. The number of anilines is 1. The van der Waals surface area contributed by atoms with Crippen molar-refractivity contribution in [2.75, 3.05) is 5.01 Å². The Bertz CT molecular complexity index is 1240. The van der Waals surface area contributed by atoms with Gasteiger partial charge in [-0.1, -0.05) is 42.5 Å². The van der Waals surface area contributed by atoms with Crippen LogP contribution in [-0.4, -0.2) is 5.84 Å². The van der Waals surface area contributed by atoms with Crippen LogP contribution in [0.2, 0.25) is 0 Å². The average molecular weight is 386 g/mol. The predicted molar refractivity (Wildman–Crippen MR) is 114 cm³/mol. The molecule has 0 radical (unpaired) electrons. The second kappa shape index (κ2) is 8.02. The number of rotatable bonds is 3. The Balaban J connectivity index is 1.91. The molecular weight excluding hydrogens is 372 g/mol. The van der Waals surface area contributed by atoms with Crippen molar-refractivity contribution in [3.63, 3.8) is 0 Å². The molecule has 4 rings (SSSR count). The van der Waals surface area contributed by atoms with Crippen molar-refractivity contribution >= 4 is 17.2 Å². The summed E-state index contributed by atoms with van der Waals surface area (Å²) in [5.41, 5.74) is 3.98. The van der Waals surface area contributed by atoms with E-state index in [1.165, 1.54) is 0 Å². The quantitative estimate of drug-likeness (QED) is 0.731. The predicted octanol–water partition coefficient (Wildman–Crippen LogP) is 4.07. The molecule has 6 nitrogen and oxygen atoms in total. The molecule has 1 aliphatic heterocycles. The molecule has 6 heteroatoms. The summed E-state index contributed by atoms with van der Waals surface area (Å²) in [6.07, 6.45) is 1.74. The molecule has 140 valence electrons. The number of nitriles is 3. The lowest BCUT2D eigenvalue weighted by molar-refractivity contribution is 1.01. The normalized spacial score (nSPS) is 12.5. The van der Waals surface area contributed by atoms with Crippen LogP contribution in [0.25, 0.3) is 5.70 Å². The fourth-order valence-electron chi connectivity index (χ4n) is 3.20. The first-order valence-corrected chi connectivity index (χ1v) is 9.10. The zero-order valence-corrected chi connectivity index (χ0v) is 15.7. The van der Waals surface area contributed by atoms with Gasteiger partial charge in [-0.25, -0.2) is 5.01 Å². The van der Waals surface area contributed by atoms with Gasteiger partial charge in [-0.05, 0) is 30.3 Å². The Morgan fingerprint density at radius 1 is 0.667 bits per heavy atom. The van der Waals surface area contributed by atoms with Crippen LogP contribution in [-0.2, 0) is 0 Å². The summed E-state index contributed by atoms with van der Waals surface area (Å²) >= 11 is 0. The molecule has 0 saturated carbocycles. The van der Waals surface area contributed by atoms with Gasteiger partial charge in [-0.3, -0.25) is 0 Å². The maximum absolute atomic E-state index is 9.54. The van der Waals surface area contributed by atoms with Gasteiger partial charge in [-0.2, -0.15) is 15.8 Å². The number of nitrogens with one attached hydrogen (secondary N) is 1. The Morgan fingerprint density at radius 2 is 1.20 bits per heavy atom. The van der Waals surface area contributed by atoms with Crippen LogP contribution in [0.3, 0.4) is 0 Å². The molecule has 1 aliphatic rings. The van der Waals surface area contributed by atoms with E-state index < -0.39 is 0 Å². The van der Waals surface area contributed by atoms with Gasteiger partial charge in [0, 0.05) is 11.1 Å². The fraction of sp³-hybridized carbons (Fsp3) is 0. The molecule has 30 heavy (non-hydrogen) atoms. The summed E-state index contributed by atoms with van der Waals surface area (Å²) in [4.78, 5) is 0. The topological polar surface area (TPSA) is 99.0 Å². The van der Waals surface area contributed by atoms with E-state index in [1.807, 2.05) is 24.3 Å². The molecule has 0 fully saturated rings. The number of hydrazone groups is 1. The first-order chi connectivity index (χ1) is 14.7. The highest BCUT2D eigenvalue weighted by molar-refractivity contribution is 6.07. The first kappa shape index (κ1) is 18.5. The number of hydrogen-bond donors (Lipinski definition) is 1. The molecule has 0 aliphatic carbocycles. The molecule has 0 amide bonds. The molecule has 3 aromatic rings. The van der Waals surface area contributed by atoms with E-state index in [-0.39, 0.29) is 0 Å². The van der Waals surface area contributed by atoms with Crippen LogP contribution < -0.4 is 10.3 Å². The van der Waals surface area contributed by atoms with E-state index in [2.05, 4.69) is 28.6 Å². The van der Waals surface area contributed by atoms with Crippen molar-refractivity contribution in [3.8, 4) is 18.2 Å². The summed E-state index contributed by atoms with van der Waals surface area (Å²) in [6, 6.07) is 28.1. The summed E-state index contributed by atoms with van der Waals surface area (Å²) in [5.74, 6) is 0.449. The van der Waals surface area contributed by atoms with E-state index in [9.17, 15) is 15.8 Å². The molecule has 3 aromatic carbocycles. The number of hydrogen-bond acceptors (Lipinski definition) is 6. The Labute approximate surface area is 173 Å². The lowest BCUT2D eigenvalue weighted by Crippen LogP contribution is -2.33. The molecule has 0 saturated heterocycles. The van der Waals surface area contributed by atoms with Gasteiger partial charge in [0.25, 0.3) is 0 Å². The molecule has 1 heterocycles. The van der Waals surface area contributed by atoms with Gasteiger partial charge in [-0.15, -0.1) is 5.10 Å². The van der Waals surface area contributed by atoms with Crippen LogP contribution in [0, 0.1) is 34.0 Å². The monoisotopic (exact) mass is 386 g/mol. The van der Waals surface area contributed by atoms with Crippen LogP contribution in [0.5, 0.6) is 0 Å². The first-order valence-electron chi connectivity index (χ1n) is 9.10. The standard InChI is InChI=1S/C24H14N6/c25-13-17-7-1-4-10-20(17)22-16-30(23-12-6-3-9-19(23)15-27)29-24(28-22)21-11-5-2-8-18(21)14-26/h1-12,16H,(H,28,29). The summed E-state index contributed by atoms with van der Waals surface area (Å²) in [5, 5.41) is 38.1. The van der Waals surface area contributed by atoms with Crippen LogP contribution in [0.1, 0.15) is 27.8 Å². The average Bonchev–Trinajstić information content (AvgIpc) is 2.83. The van der Waals surface area contributed by atoms with E-state index in [1.54, 1.807) is 59.7 Å². The third-order valence-corrected chi connectivity index (χ3v) is 4.62. The number of nitrogens with zero attached hydrogens (tertiary/aromatic N) is 5. The maximum Gasteiger partial charge on any atom is 0.160 e. The van der Waals surface area contributed by atoms with Crippen molar-refractivity contribution in [3.05, 3.63) is 107 Å². The number of amidine groups is 1. The van der Waals surface area contributed by atoms with Gasteiger partial charge in [0.2, 0.25) is 0 Å². The molecule has 0 bridgehead atoms. The van der Waals surface area contributed by atoms with E-state index in [0.29, 0.717) is 45.0 Å². The minimum atomic E-state index is 0.449. The summed E-state index contributed by atoms with van der Waals surface area (Å²) in [6.45, 7) is 0. The highest BCUT2D eigenvalue weighted by Crippen LogP contribution is 2.27. The Hall–Kier alpha value is -4.86. The van der Waals surface area contributed by atoms with Gasteiger partial charge >= 0.3 is 0 Å². The van der Waals surface area contributed by atoms with E-state index in [4.69, 9.17) is 0 Å². The SMILES string of the molecule is N#Cc1ccccc1C1=CN(c2ccccc2C#N)N=C(c2ccccc2C#N)N1. The fourth-order valence-corrected chi connectivity index (χ4v) is 3.20. The second-order valence-electron chi connectivity index (χ2n) is 6.40. The molecule has 0 aromatic heterocycles. The Kier molecular flexibility index (Phi) is 4.95. The highest BCUT2D eigenvalue weighted by atomic mass is 15.5. The van der Waals surface area contributed by atoms with Crippen molar-refractivity contribution < 1.29 is 0 Å². The van der Waals surface area contributed by atoms with Gasteiger partial charge < -0.3 is 5.32 Å². The van der Waals surface area contributed by atoms with Crippen LogP contribution >= 0.6 is 0 Å². The third-order valence-electron chi connectivity index (χ3n) is 4.62. The minimum Gasteiger partial charge on any atom is -0.336 e. The molecule has 0 spiro atoms. The van der Waals surface area contributed by atoms with Gasteiger partial charge in [0.15, 0.2) is 5.84 Å². The van der Waals surface area contributed by atoms with Crippen molar-refractivity contribution in [2.45, 2.75) is 0 Å². The smallest absolute Gasteiger partial charge is 0.160 e. The third kappa shape index (κ3) is 3.36. The highest BCUT2D eigenvalue weighted by Gasteiger charge is 2.21. The second-order valence-corrected chi connectivity index (χ2v) is 6.40. The number of benzene rings is 3.